The number of nitrogen functional groups attached to an aromatic ring is 1. The number of nitrogens with two attached hydrogens (primary N) is 1. The van der Waals surface area contributed by atoms with E-state index in [2.05, 4.69) is 5.32 Å². The minimum Gasteiger partial charge on any atom is -0.494 e. The summed E-state index contributed by atoms with van der Waals surface area (Å²) in [4.78, 5) is 12.5. The first-order valence-corrected chi connectivity index (χ1v) is 8.35. The second kappa shape index (κ2) is 8.02. The van der Waals surface area contributed by atoms with E-state index in [9.17, 15) is 9.00 Å². The lowest BCUT2D eigenvalue weighted by atomic mass is 10.2. The minimum absolute atomic E-state index is 0.0593. The van der Waals surface area contributed by atoms with Crippen molar-refractivity contribution in [1.29, 1.82) is 0 Å². The first-order chi connectivity index (χ1) is 9.90. The molecule has 0 fully saturated rings. The Balaban J connectivity index is 2.91. The van der Waals surface area contributed by atoms with Gasteiger partial charge in [-0.2, -0.15) is 0 Å². The fraction of sp³-hybridized carbons (Fsp3) is 0.533. The van der Waals surface area contributed by atoms with E-state index in [0.717, 1.165) is 6.42 Å². The lowest BCUT2D eigenvalue weighted by Gasteiger charge is -2.17. The molecular weight excluding hydrogens is 288 g/mol. The van der Waals surface area contributed by atoms with Crippen LogP contribution in [0.4, 0.5) is 5.69 Å². The molecule has 3 N–H and O–H groups in total. The Bertz CT molecular complexity index is 520. The Morgan fingerprint density at radius 2 is 2.05 bits per heavy atom. The fourth-order valence-electron chi connectivity index (χ4n) is 1.70. The maximum absolute atomic E-state index is 12.5. The zero-order valence-electron chi connectivity index (χ0n) is 13.0. The number of hydrogen-bond acceptors (Lipinski definition) is 4. The molecule has 5 nitrogen and oxygen atoms in total. The summed E-state index contributed by atoms with van der Waals surface area (Å²) in [6, 6.07) is 5.08. The molecule has 0 aromatic heterocycles. The van der Waals surface area contributed by atoms with Crippen molar-refractivity contribution < 1.29 is 13.7 Å². The number of carbonyl (C=O) groups is 1. The number of carbonyl (C=O) groups excluding carboxylic acids is 1. The molecular formula is C15H24N2O3S. The van der Waals surface area contributed by atoms with Crippen LogP contribution < -0.4 is 15.8 Å². The maximum atomic E-state index is 12.5. The van der Waals surface area contributed by atoms with Crippen molar-refractivity contribution in [2.45, 2.75) is 50.3 Å². The van der Waals surface area contributed by atoms with Crippen LogP contribution >= 0.6 is 0 Å². The largest absolute Gasteiger partial charge is 0.494 e. The van der Waals surface area contributed by atoms with E-state index in [0.29, 0.717) is 22.9 Å². The Labute approximate surface area is 128 Å². The van der Waals surface area contributed by atoms with Crippen molar-refractivity contribution >= 4 is 22.4 Å². The summed E-state index contributed by atoms with van der Waals surface area (Å²) in [5.74, 6) is 0.369. The highest BCUT2D eigenvalue weighted by Crippen LogP contribution is 2.25. The molecule has 0 saturated carbocycles. The zero-order valence-corrected chi connectivity index (χ0v) is 13.8. The second-order valence-electron chi connectivity index (χ2n) is 4.89. The maximum Gasteiger partial charge on any atom is 0.236 e. The molecule has 0 bridgehead atoms. The van der Waals surface area contributed by atoms with Gasteiger partial charge in [0, 0.05) is 11.7 Å². The summed E-state index contributed by atoms with van der Waals surface area (Å²) >= 11 is 0. The normalized spacial score (nSPS) is 15.0. The molecule has 3 atom stereocenters. The van der Waals surface area contributed by atoms with E-state index in [1.165, 1.54) is 0 Å². The van der Waals surface area contributed by atoms with E-state index in [4.69, 9.17) is 10.5 Å². The van der Waals surface area contributed by atoms with Crippen LogP contribution in [0.15, 0.2) is 23.1 Å². The smallest absolute Gasteiger partial charge is 0.236 e. The lowest BCUT2D eigenvalue weighted by Crippen LogP contribution is -2.40. The van der Waals surface area contributed by atoms with Gasteiger partial charge in [-0.15, -0.1) is 0 Å². The molecule has 3 unspecified atom stereocenters. The molecule has 0 heterocycles. The number of amides is 1. The van der Waals surface area contributed by atoms with Crippen LogP contribution in [0.5, 0.6) is 5.75 Å². The van der Waals surface area contributed by atoms with Crippen LogP contribution in [-0.4, -0.2) is 28.0 Å². The quantitative estimate of drug-likeness (QED) is 0.755. The van der Waals surface area contributed by atoms with Crippen LogP contribution in [0.2, 0.25) is 0 Å². The summed E-state index contributed by atoms with van der Waals surface area (Å²) in [5.41, 5.74) is 6.27. The standard InChI is InChI=1S/C15H24N2O3S/c1-5-10(3)17-15(18)11(4)21(19)14-9-12(20-6-2)7-8-13(14)16/h7-11H,5-6,16H2,1-4H3,(H,17,18). The van der Waals surface area contributed by atoms with Gasteiger partial charge in [0.05, 0.1) is 22.3 Å². The van der Waals surface area contributed by atoms with E-state index in [1.54, 1.807) is 25.1 Å². The topological polar surface area (TPSA) is 81.4 Å². The average molecular weight is 312 g/mol. The predicted molar refractivity (Wildman–Crippen MR) is 85.8 cm³/mol. The van der Waals surface area contributed by atoms with E-state index in [-0.39, 0.29) is 11.9 Å². The lowest BCUT2D eigenvalue weighted by molar-refractivity contribution is -0.120. The van der Waals surface area contributed by atoms with Crippen molar-refractivity contribution in [3.63, 3.8) is 0 Å². The van der Waals surface area contributed by atoms with Gasteiger partial charge >= 0.3 is 0 Å². The van der Waals surface area contributed by atoms with Gasteiger partial charge in [0.25, 0.3) is 0 Å². The molecule has 0 saturated heterocycles. The highest BCUT2D eigenvalue weighted by Gasteiger charge is 2.24. The van der Waals surface area contributed by atoms with Crippen LogP contribution in [0.25, 0.3) is 0 Å². The van der Waals surface area contributed by atoms with Gasteiger partial charge in [-0.3, -0.25) is 9.00 Å². The van der Waals surface area contributed by atoms with Crippen LogP contribution in [0, 0.1) is 0 Å². The molecule has 0 aliphatic rings. The molecule has 1 amide bonds. The summed E-state index contributed by atoms with van der Waals surface area (Å²) in [7, 11) is -1.52. The van der Waals surface area contributed by atoms with Crippen molar-refractivity contribution in [2.24, 2.45) is 0 Å². The molecule has 1 aromatic carbocycles. The first kappa shape index (κ1) is 17.5. The van der Waals surface area contributed by atoms with Crippen LogP contribution in [0.1, 0.15) is 34.1 Å². The van der Waals surface area contributed by atoms with Gasteiger partial charge < -0.3 is 15.8 Å². The van der Waals surface area contributed by atoms with Crippen LogP contribution in [-0.2, 0) is 15.6 Å². The first-order valence-electron chi connectivity index (χ1n) is 7.13. The number of ether oxygens (including phenoxy) is 1. The second-order valence-corrected chi connectivity index (χ2v) is 6.63. The summed E-state index contributed by atoms with van der Waals surface area (Å²) in [6.45, 7) is 7.92. The third kappa shape index (κ3) is 4.74. The molecule has 0 radical (unpaired) electrons. The molecule has 0 aliphatic heterocycles. The van der Waals surface area contributed by atoms with Gasteiger partial charge in [-0.05, 0) is 45.4 Å². The molecule has 1 aromatic rings. The Morgan fingerprint density at radius 3 is 2.62 bits per heavy atom. The summed E-state index contributed by atoms with van der Waals surface area (Å²) in [5, 5.41) is 2.17. The fourth-order valence-corrected chi connectivity index (χ4v) is 2.87. The monoisotopic (exact) mass is 312 g/mol. The summed E-state index contributed by atoms with van der Waals surface area (Å²) in [6.07, 6.45) is 0.826. The van der Waals surface area contributed by atoms with E-state index >= 15 is 0 Å². The van der Waals surface area contributed by atoms with Gasteiger partial charge in [0.1, 0.15) is 11.0 Å². The molecule has 1 rings (SSSR count). The number of nitrogens with one attached hydrogen (secondary N) is 1. The number of anilines is 1. The minimum atomic E-state index is -1.52. The highest BCUT2D eigenvalue weighted by molar-refractivity contribution is 7.86. The van der Waals surface area contributed by atoms with Gasteiger partial charge in [0.15, 0.2) is 0 Å². The molecule has 118 valence electrons. The SMILES string of the molecule is CCOc1ccc(N)c(S(=O)C(C)C(=O)NC(C)CC)c1. The third-order valence-electron chi connectivity index (χ3n) is 3.20. The summed E-state index contributed by atoms with van der Waals surface area (Å²) < 4.78 is 17.9. The average Bonchev–Trinajstić information content (AvgIpc) is 2.47. The van der Waals surface area contributed by atoms with Crippen LogP contribution in [0.3, 0.4) is 0 Å². The molecule has 0 spiro atoms. The van der Waals surface area contributed by atoms with Crippen molar-refractivity contribution in [2.75, 3.05) is 12.3 Å². The molecule has 21 heavy (non-hydrogen) atoms. The molecule has 0 aliphatic carbocycles. The van der Waals surface area contributed by atoms with Crippen molar-refractivity contribution in [1.82, 2.24) is 5.32 Å². The van der Waals surface area contributed by atoms with Crippen molar-refractivity contribution in [3.05, 3.63) is 18.2 Å². The predicted octanol–water partition coefficient (Wildman–Crippen LogP) is 2.08. The zero-order chi connectivity index (χ0) is 16.0. The van der Waals surface area contributed by atoms with E-state index < -0.39 is 16.0 Å². The number of benzene rings is 1. The van der Waals surface area contributed by atoms with Gasteiger partial charge in [-0.1, -0.05) is 6.92 Å². The van der Waals surface area contributed by atoms with Gasteiger partial charge in [-0.25, -0.2) is 0 Å². The Morgan fingerprint density at radius 1 is 1.38 bits per heavy atom. The van der Waals surface area contributed by atoms with Crippen molar-refractivity contribution in [3.8, 4) is 5.75 Å². The number of hydrogen-bond donors (Lipinski definition) is 2. The Hall–Kier alpha value is -1.56. The molecule has 6 heteroatoms. The third-order valence-corrected chi connectivity index (χ3v) is 4.85. The Kier molecular flexibility index (Phi) is 6.68. The number of rotatable bonds is 7. The van der Waals surface area contributed by atoms with E-state index in [1.807, 2.05) is 20.8 Å². The highest BCUT2D eigenvalue weighted by atomic mass is 32.2. The van der Waals surface area contributed by atoms with Gasteiger partial charge in [0.2, 0.25) is 5.91 Å².